The molecule has 2 rings (SSSR count). The average Bonchev–Trinajstić information content (AvgIpc) is 2.68. The summed E-state index contributed by atoms with van der Waals surface area (Å²) in [6.45, 7) is 3.90. The number of nitrogens with zero attached hydrogens (tertiary/aromatic N) is 3. The van der Waals surface area contributed by atoms with E-state index in [1.807, 2.05) is 30.3 Å². The molecule has 1 unspecified atom stereocenters. The van der Waals surface area contributed by atoms with Crippen LogP contribution >= 0.6 is 0 Å². The largest absolute Gasteiger partial charge is 0.497 e. The molecule has 0 fully saturated rings. The van der Waals surface area contributed by atoms with Gasteiger partial charge in [0.15, 0.2) is 0 Å². The zero-order valence-electron chi connectivity index (χ0n) is 16.3. The van der Waals surface area contributed by atoms with Gasteiger partial charge in [-0.05, 0) is 31.8 Å². The first kappa shape index (κ1) is 21.4. The minimum atomic E-state index is -1.06. The predicted molar refractivity (Wildman–Crippen MR) is 115 cm³/mol. The maximum Gasteiger partial charge on any atom is 0.134 e. The maximum atomic E-state index is 12.0. The molecule has 1 atom stereocenters. The molecule has 0 saturated carbocycles. The lowest BCUT2D eigenvalue weighted by atomic mass is 10.1. The lowest BCUT2D eigenvalue weighted by molar-refractivity contribution is 0.312. The van der Waals surface area contributed by atoms with Gasteiger partial charge in [-0.25, -0.2) is 18.5 Å². The summed E-state index contributed by atoms with van der Waals surface area (Å²) in [6, 6.07) is 9.54. The van der Waals surface area contributed by atoms with Gasteiger partial charge in [-0.3, -0.25) is 0 Å². The molecule has 1 N–H and O–H groups in total. The van der Waals surface area contributed by atoms with Crippen molar-refractivity contribution in [2.75, 3.05) is 26.5 Å². The Labute approximate surface area is 168 Å². The van der Waals surface area contributed by atoms with Gasteiger partial charge in [0.2, 0.25) is 0 Å². The first-order valence-corrected chi connectivity index (χ1v) is 9.83. The summed E-state index contributed by atoms with van der Waals surface area (Å²) in [5.41, 5.74) is 3.19. The predicted octanol–water partition coefficient (Wildman–Crippen LogP) is 3.51. The van der Waals surface area contributed by atoms with Crippen molar-refractivity contribution in [3.8, 4) is 12.3 Å². The third-order valence-electron chi connectivity index (χ3n) is 3.81. The highest BCUT2D eigenvalue weighted by Crippen LogP contribution is 2.24. The molecule has 6 nitrogen and oxygen atoms in total. The monoisotopic (exact) mass is 396 g/mol. The van der Waals surface area contributed by atoms with Crippen molar-refractivity contribution in [3.63, 3.8) is 0 Å². The molecule has 146 valence electrons. The van der Waals surface area contributed by atoms with Crippen LogP contribution in [0.3, 0.4) is 0 Å². The first-order valence-electron chi connectivity index (χ1n) is 8.55. The average molecular weight is 397 g/mol. The van der Waals surface area contributed by atoms with E-state index in [0.717, 1.165) is 16.8 Å². The molecule has 0 aliphatic heterocycles. The second-order valence-corrected chi connectivity index (χ2v) is 7.71. The van der Waals surface area contributed by atoms with E-state index in [0.29, 0.717) is 29.4 Å². The Hall–Kier alpha value is -2.95. The third kappa shape index (κ3) is 6.05. The summed E-state index contributed by atoms with van der Waals surface area (Å²) in [4.78, 5) is 8.58. The van der Waals surface area contributed by atoms with Crippen LogP contribution in [0.15, 0.2) is 55.1 Å². The molecular weight excluding hydrogens is 372 g/mol. The van der Waals surface area contributed by atoms with E-state index in [-0.39, 0.29) is 0 Å². The fourth-order valence-electron chi connectivity index (χ4n) is 2.36. The molecule has 0 amide bonds. The molecule has 0 aliphatic carbocycles. The summed E-state index contributed by atoms with van der Waals surface area (Å²) < 4.78 is 19.0. The van der Waals surface area contributed by atoms with Crippen molar-refractivity contribution in [2.45, 2.75) is 12.2 Å². The minimum Gasteiger partial charge on any atom is -0.497 e. The van der Waals surface area contributed by atoms with E-state index in [9.17, 15) is 4.21 Å². The number of methoxy groups -OCH3 is 1. The van der Waals surface area contributed by atoms with E-state index in [1.54, 1.807) is 31.6 Å². The molecule has 7 heteroatoms. The number of terminal acetylenes is 1. The van der Waals surface area contributed by atoms with Crippen molar-refractivity contribution in [3.05, 3.63) is 66.3 Å². The Morgan fingerprint density at radius 3 is 2.86 bits per heavy atom. The van der Waals surface area contributed by atoms with Crippen LogP contribution in [0, 0.1) is 12.3 Å². The van der Waals surface area contributed by atoms with Crippen molar-refractivity contribution in [1.29, 1.82) is 0 Å². The highest BCUT2D eigenvalue weighted by molar-refractivity contribution is 7.81. The fourth-order valence-corrected chi connectivity index (χ4v) is 3.09. The van der Waals surface area contributed by atoms with Gasteiger partial charge < -0.3 is 10.1 Å². The Morgan fingerprint density at radius 1 is 1.39 bits per heavy atom. The minimum absolute atomic E-state index is 0.440. The van der Waals surface area contributed by atoms with Crippen LogP contribution in [0.4, 0.5) is 11.5 Å². The Kier molecular flexibility index (Phi) is 7.93. The number of hydrogen-bond donors (Lipinski definition) is 1. The van der Waals surface area contributed by atoms with Gasteiger partial charge in [-0.15, -0.1) is 12.3 Å². The summed E-state index contributed by atoms with van der Waals surface area (Å²) >= 11 is 0. The van der Waals surface area contributed by atoms with Crippen LogP contribution in [0.25, 0.3) is 5.57 Å². The summed E-state index contributed by atoms with van der Waals surface area (Å²) in [7, 11) is 4.07. The number of nitrogens with one attached hydrogen (secondary N) is 1. The van der Waals surface area contributed by atoms with Crippen molar-refractivity contribution in [2.24, 2.45) is 0 Å². The van der Waals surface area contributed by atoms with Crippen LogP contribution in [-0.4, -0.2) is 39.7 Å². The van der Waals surface area contributed by atoms with Crippen molar-refractivity contribution < 1.29 is 8.95 Å². The SMILES string of the molecule is C#CC/C=C(\C(=C)OC)c1cc(Nc2cccc(CS(=O)N(C)C)c2)ncn1. The van der Waals surface area contributed by atoms with E-state index in [4.69, 9.17) is 11.2 Å². The van der Waals surface area contributed by atoms with Crippen LogP contribution < -0.4 is 5.32 Å². The Morgan fingerprint density at radius 2 is 2.18 bits per heavy atom. The van der Waals surface area contributed by atoms with Gasteiger partial charge in [0.1, 0.15) is 17.9 Å². The molecule has 1 aromatic heterocycles. The summed E-state index contributed by atoms with van der Waals surface area (Å²) in [5.74, 6) is 4.12. The van der Waals surface area contributed by atoms with Crippen LogP contribution in [0.5, 0.6) is 0 Å². The lowest BCUT2D eigenvalue weighted by Crippen LogP contribution is -2.16. The summed E-state index contributed by atoms with van der Waals surface area (Å²) in [6.07, 6.45) is 9.11. The zero-order valence-corrected chi connectivity index (χ0v) is 17.1. The number of ether oxygens (including phenoxy) is 1. The highest BCUT2D eigenvalue weighted by atomic mass is 32.2. The van der Waals surface area contributed by atoms with Crippen LogP contribution in [-0.2, 0) is 21.5 Å². The number of hydrogen-bond acceptors (Lipinski definition) is 5. The molecule has 0 spiro atoms. The molecule has 0 bridgehead atoms. The summed E-state index contributed by atoms with van der Waals surface area (Å²) in [5, 5.41) is 3.25. The van der Waals surface area contributed by atoms with Gasteiger partial charge >= 0.3 is 0 Å². The van der Waals surface area contributed by atoms with E-state index in [1.165, 1.54) is 6.33 Å². The van der Waals surface area contributed by atoms with Gasteiger partial charge in [0, 0.05) is 23.7 Å². The van der Waals surface area contributed by atoms with Crippen molar-refractivity contribution in [1.82, 2.24) is 14.3 Å². The van der Waals surface area contributed by atoms with Gasteiger partial charge in [-0.2, -0.15) is 0 Å². The number of anilines is 2. The van der Waals surface area contributed by atoms with Crippen LogP contribution in [0.2, 0.25) is 0 Å². The Bertz CT molecular complexity index is 932. The van der Waals surface area contributed by atoms with Gasteiger partial charge in [-0.1, -0.05) is 24.8 Å². The molecule has 2 aromatic rings. The smallest absolute Gasteiger partial charge is 0.134 e. The second-order valence-electron chi connectivity index (χ2n) is 6.05. The first-order chi connectivity index (χ1) is 13.4. The highest BCUT2D eigenvalue weighted by Gasteiger charge is 2.10. The number of rotatable bonds is 9. The van der Waals surface area contributed by atoms with Gasteiger partial charge in [0.25, 0.3) is 0 Å². The Balaban J connectivity index is 2.24. The van der Waals surface area contributed by atoms with Gasteiger partial charge in [0.05, 0.1) is 29.5 Å². The van der Waals surface area contributed by atoms with E-state index in [2.05, 4.69) is 27.8 Å². The normalized spacial score (nSPS) is 12.3. The zero-order chi connectivity index (χ0) is 20.5. The number of aromatic nitrogens is 2. The third-order valence-corrected chi connectivity index (χ3v) is 5.21. The van der Waals surface area contributed by atoms with E-state index < -0.39 is 11.0 Å². The maximum absolute atomic E-state index is 12.0. The molecule has 0 radical (unpaired) electrons. The standard InChI is InChI=1S/C21H24N4O2S/c1-6-7-11-19(16(2)27-5)20-13-21(23-15-22-20)24-18-10-8-9-17(12-18)14-28(26)25(3)4/h1,8-13,15H,2,7,14H2,3-5H3,(H,22,23,24)/b19-11+. The second kappa shape index (κ2) is 10.4. The van der Waals surface area contributed by atoms with E-state index >= 15 is 0 Å². The number of benzene rings is 1. The molecular formula is C21H24N4O2S. The topological polar surface area (TPSA) is 67.3 Å². The number of allylic oxidation sites excluding steroid dienone is 2. The molecule has 1 heterocycles. The molecule has 28 heavy (non-hydrogen) atoms. The van der Waals surface area contributed by atoms with Crippen molar-refractivity contribution >= 4 is 28.1 Å². The molecule has 0 aliphatic rings. The lowest BCUT2D eigenvalue weighted by Gasteiger charge is -2.12. The fraction of sp³-hybridized carbons (Fsp3) is 0.238. The quantitative estimate of drug-likeness (QED) is 0.399. The molecule has 1 aromatic carbocycles. The van der Waals surface area contributed by atoms with Crippen LogP contribution in [0.1, 0.15) is 17.7 Å². The molecule has 0 saturated heterocycles.